The summed E-state index contributed by atoms with van der Waals surface area (Å²) in [5, 5.41) is 10.7. The van der Waals surface area contributed by atoms with Crippen molar-refractivity contribution in [2.75, 3.05) is 0 Å². The Morgan fingerprint density at radius 3 is 2.40 bits per heavy atom. The summed E-state index contributed by atoms with van der Waals surface area (Å²) >= 11 is 3.34. The van der Waals surface area contributed by atoms with Crippen LogP contribution < -0.4 is 4.74 Å². The predicted octanol–water partition coefficient (Wildman–Crippen LogP) is 4.55. The van der Waals surface area contributed by atoms with Gasteiger partial charge in [0.05, 0.1) is 4.92 Å². The number of nitro benzene ring substituents is 1. The molecule has 104 valence electrons. The number of hydrogen-bond donors (Lipinski definition) is 0. The molecule has 0 aliphatic heterocycles. The van der Waals surface area contributed by atoms with Crippen molar-refractivity contribution in [1.29, 1.82) is 0 Å². The van der Waals surface area contributed by atoms with Gasteiger partial charge in [-0.3, -0.25) is 10.1 Å². The van der Waals surface area contributed by atoms with E-state index in [1.54, 1.807) is 6.07 Å². The molecule has 2 rings (SSSR count). The first-order chi connectivity index (χ1) is 9.49. The zero-order valence-corrected chi connectivity index (χ0v) is 12.8. The summed E-state index contributed by atoms with van der Waals surface area (Å²) in [6.45, 7) is 4.35. The van der Waals surface area contributed by atoms with Crippen LogP contribution >= 0.6 is 15.9 Å². The largest absolute Gasteiger partial charge is 0.488 e. The highest BCUT2D eigenvalue weighted by molar-refractivity contribution is 9.10. The third kappa shape index (κ3) is 3.17. The van der Waals surface area contributed by atoms with E-state index in [4.69, 9.17) is 4.74 Å². The Hall–Kier alpha value is -1.88. The third-order valence-electron chi connectivity index (χ3n) is 3.03. The molecule has 0 aliphatic carbocycles. The zero-order valence-electron chi connectivity index (χ0n) is 11.2. The Labute approximate surface area is 125 Å². The van der Waals surface area contributed by atoms with Crippen LogP contribution in [0.5, 0.6) is 5.75 Å². The molecule has 0 saturated carbocycles. The molecular formula is C15H14BrNO3. The Balaban J connectivity index is 2.17. The van der Waals surface area contributed by atoms with Crippen molar-refractivity contribution in [1.82, 2.24) is 0 Å². The van der Waals surface area contributed by atoms with Gasteiger partial charge in [0, 0.05) is 22.2 Å². The number of hydrogen-bond acceptors (Lipinski definition) is 3. The Morgan fingerprint density at radius 2 is 1.85 bits per heavy atom. The number of nitrogens with zero attached hydrogens (tertiary/aromatic N) is 1. The summed E-state index contributed by atoms with van der Waals surface area (Å²) in [5.74, 6) is 0.859. The van der Waals surface area contributed by atoms with Crippen molar-refractivity contribution in [2.45, 2.75) is 20.5 Å². The van der Waals surface area contributed by atoms with Gasteiger partial charge in [-0.05, 0) is 31.0 Å². The van der Waals surface area contributed by atoms with E-state index in [0.29, 0.717) is 11.1 Å². The van der Waals surface area contributed by atoms with Gasteiger partial charge in [-0.15, -0.1) is 0 Å². The van der Waals surface area contributed by atoms with Gasteiger partial charge in [-0.2, -0.15) is 0 Å². The molecule has 0 fully saturated rings. The topological polar surface area (TPSA) is 52.4 Å². The molecule has 2 aromatic carbocycles. The van der Waals surface area contributed by atoms with E-state index in [9.17, 15) is 10.1 Å². The monoisotopic (exact) mass is 335 g/mol. The van der Waals surface area contributed by atoms with Crippen molar-refractivity contribution in [2.24, 2.45) is 0 Å². The molecule has 0 bridgehead atoms. The Morgan fingerprint density at radius 1 is 1.20 bits per heavy atom. The maximum atomic E-state index is 10.7. The highest BCUT2D eigenvalue weighted by Crippen LogP contribution is 2.27. The molecule has 0 spiro atoms. The van der Waals surface area contributed by atoms with Crippen molar-refractivity contribution < 1.29 is 9.66 Å². The van der Waals surface area contributed by atoms with Crippen molar-refractivity contribution >= 4 is 21.6 Å². The molecule has 0 atom stereocenters. The highest BCUT2D eigenvalue weighted by atomic mass is 79.9. The lowest BCUT2D eigenvalue weighted by Crippen LogP contribution is -2.00. The molecule has 4 nitrogen and oxygen atoms in total. The molecule has 0 amide bonds. The van der Waals surface area contributed by atoms with Gasteiger partial charge in [-0.25, -0.2) is 0 Å². The quantitative estimate of drug-likeness (QED) is 0.608. The number of halogens is 1. The highest BCUT2D eigenvalue weighted by Gasteiger charge is 2.10. The van der Waals surface area contributed by atoms with Gasteiger partial charge < -0.3 is 4.74 Å². The molecule has 5 heteroatoms. The smallest absolute Gasteiger partial charge is 0.270 e. The summed E-state index contributed by atoms with van der Waals surface area (Å²) in [6, 6.07) is 10.6. The normalized spacial score (nSPS) is 10.3. The molecule has 0 unspecified atom stereocenters. The van der Waals surface area contributed by atoms with Crippen LogP contribution in [0, 0.1) is 24.0 Å². The molecular weight excluding hydrogens is 322 g/mol. The van der Waals surface area contributed by atoms with Crippen LogP contribution in [0.2, 0.25) is 0 Å². The van der Waals surface area contributed by atoms with Gasteiger partial charge in [0.1, 0.15) is 12.4 Å². The Bertz CT molecular complexity index is 635. The summed E-state index contributed by atoms with van der Waals surface area (Å²) in [7, 11) is 0. The van der Waals surface area contributed by atoms with Crippen LogP contribution in [0.1, 0.15) is 16.7 Å². The maximum absolute atomic E-state index is 10.7. The average Bonchev–Trinajstić information content (AvgIpc) is 2.39. The lowest BCUT2D eigenvalue weighted by atomic mass is 10.1. The lowest BCUT2D eigenvalue weighted by molar-refractivity contribution is -0.384. The first kappa shape index (κ1) is 14.5. The SMILES string of the molecule is Cc1cccc(C)c1OCc1ccc([N+](=O)[O-])cc1Br. The number of ether oxygens (including phenoxy) is 1. The van der Waals surface area contributed by atoms with Crippen molar-refractivity contribution in [3.8, 4) is 5.75 Å². The van der Waals surface area contributed by atoms with E-state index in [1.165, 1.54) is 12.1 Å². The van der Waals surface area contributed by atoms with Crippen LogP contribution in [0.25, 0.3) is 0 Å². The zero-order chi connectivity index (χ0) is 14.7. The van der Waals surface area contributed by atoms with Crippen LogP contribution in [-0.4, -0.2) is 4.92 Å². The molecule has 0 heterocycles. The number of rotatable bonds is 4. The number of benzene rings is 2. The van der Waals surface area contributed by atoms with E-state index in [0.717, 1.165) is 22.4 Å². The Kier molecular flexibility index (Phi) is 4.39. The fourth-order valence-electron chi connectivity index (χ4n) is 1.94. The fraction of sp³-hybridized carbons (Fsp3) is 0.200. The molecule has 0 aromatic heterocycles. The van der Waals surface area contributed by atoms with Gasteiger partial charge in [0.25, 0.3) is 5.69 Å². The number of non-ortho nitro benzene ring substituents is 1. The van der Waals surface area contributed by atoms with Crippen LogP contribution in [0.15, 0.2) is 40.9 Å². The van der Waals surface area contributed by atoms with Gasteiger partial charge >= 0.3 is 0 Å². The minimum Gasteiger partial charge on any atom is -0.488 e. The number of aryl methyl sites for hydroxylation is 2. The van der Waals surface area contributed by atoms with Crippen LogP contribution in [-0.2, 0) is 6.61 Å². The average molecular weight is 336 g/mol. The molecule has 2 aromatic rings. The molecule has 0 saturated heterocycles. The molecule has 0 aliphatic rings. The standard InChI is InChI=1S/C15H14BrNO3/c1-10-4-3-5-11(2)15(10)20-9-12-6-7-13(17(18)19)8-14(12)16/h3-8H,9H2,1-2H3. The van der Waals surface area contributed by atoms with E-state index in [-0.39, 0.29) is 5.69 Å². The van der Waals surface area contributed by atoms with Crippen LogP contribution in [0.3, 0.4) is 0 Å². The summed E-state index contributed by atoms with van der Waals surface area (Å²) in [6.07, 6.45) is 0. The van der Waals surface area contributed by atoms with Crippen molar-refractivity contribution in [3.63, 3.8) is 0 Å². The van der Waals surface area contributed by atoms with Gasteiger partial charge in [0.2, 0.25) is 0 Å². The van der Waals surface area contributed by atoms with E-state index in [2.05, 4.69) is 15.9 Å². The van der Waals surface area contributed by atoms with Gasteiger partial charge in [0.15, 0.2) is 0 Å². The third-order valence-corrected chi connectivity index (χ3v) is 3.77. The van der Waals surface area contributed by atoms with E-state index in [1.807, 2.05) is 32.0 Å². The first-order valence-corrected chi connectivity index (χ1v) is 6.90. The second-order valence-electron chi connectivity index (χ2n) is 4.54. The van der Waals surface area contributed by atoms with Crippen LogP contribution in [0.4, 0.5) is 5.69 Å². The minimum atomic E-state index is -0.416. The maximum Gasteiger partial charge on any atom is 0.270 e. The number of para-hydroxylation sites is 1. The molecule has 0 N–H and O–H groups in total. The lowest BCUT2D eigenvalue weighted by Gasteiger charge is -2.12. The second kappa shape index (κ2) is 6.05. The molecule has 20 heavy (non-hydrogen) atoms. The number of nitro groups is 1. The second-order valence-corrected chi connectivity index (χ2v) is 5.40. The fourth-order valence-corrected chi connectivity index (χ4v) is 2.42. The van der Waals surface area contributed by atoms with E-state index < -0.39 is 4.92 Å². The minimum absolute atomic E-state index is 0.0627. The summed E-state index contributed by atoms with van der Waals surface area (Å²) < 4.78 is 6.51. The predicted molar refractivity (Wildman–Crippen MR) is 81.0 cm³/mol. The van der Waals surface area contributed by atoms with E-state index >= 15 is 0 Å². The molecule has 0 radical (unpaired) electrons. The van der Waals surface area contributed by atoms with Gasteiger partial charge in [-0.1, -0.05) is 34.1 Å². The van der Waals surface area contributed by atoms with Crippen molar-refractivity contribution in [3.05, 3.63) is 67.7 Å². The summed E-state index contributed by atoms with van der Waals surface area (Å²) in [4.78, 5) is 10.3. The summed E-state index contributed by atoms with van der Waals surface area (Å²) in [5.41, 5.74) is 3.08. The first-order valence-electron chi connectivity index (χ1n) is 6.11.